The Hall–Kier alpha value is -7.31. The molecule has 5 heteroatoms. The van der Waals surface area contributed by atoms with Crippen LogP contribution in [0.15, 0.2) is 187 Å². The standard InChI is InChI=1S/C55H30N2OS2/c58-55-38-27-23-33(31-11-2-1-3-12-31)29-42(38)36-16-10-17-37-43-30-34(24-28-45(43)57(55)51(36)37)32-21-25-35(26-22-32)56-44-18-7-4-13-39(44)48-52(56)49-40-14-5-8-19-46(40)59-54(49)50-41-15-6-9-20-47(41)60-53(48)50/h1-30H. The van der Waals surface area contributed by atoms with Gasteiger partial charge in [-0.1, -0.05) is 127 Å². The number of hydrogen-bond donors (Lipinski definition) is 0. The maximum absolute atomic E-state index is 14.3. The van der Waals surface area contributed by atoms with E-state index in [0.717, 1.165) is 65.9 Å². The molecule has 0 amide bonds. The molecule has 0 aliphatic rings. The Bertz CT molecular complexity index is 4160. The molecule has 0 fully saturated rings. The molecule has 5 heterocycles. The number of aromatic nitrogens is 2. The van der Waals surface area contributed by atoms with E-state index in [-0.39, 0.29) is 5.56 Å². The third kappa shape index (κ3) is 4.25. The number of pyridine rings is 1. The molecule has 9 aromatic carbocycles. The van der Waals surface area contributed by atoms with Crippen molar-refractivity contribution in [1.82, 2.24) is 8.97 Å². The molecule has 5 aromatic heterocycles. The average molecular weight is 799 g/mol. The lowest BCUT2D eigenvalue weighted by Crippen LogP contribution is -2.12. The summed E-state index contributed by atoms with van der Waals surface area (Å²) < 4.78 is 9.78. The van der Waals surface area contributed by atoms with E-state index in [4.69, 9.17) is 0 Å². The van der Waals surface area contributed by atoms with E-state index in [9.17, 15) is 4.79 Å². The monoisotopic (exact) mass is 798 g/mol. The van der Waals surface area contributed by atoms with Crippen LogP contribution in [0.2, 0.25) is 0 Å². The Morgan fingerprint density at radius 1 is 0.350 bits per heavy atom. The molecular formula is C55H30N2OS2. The maximum Gasteiger partial charge on any atom is 0.263 e. The number of rotatable bonds is 3. The molecule has 0 radical (unpaired) electrons. The minimum atomic E-state index is 0.0204. The fraction of sp³-hybridized carbons (Fsp3) is 0. The van der Waals surface area contributed by atoms with Gasteiger partial charge in [-0.25, -0.2) is 0 Å². The van der Waals surface area contributed by atoms with Gasteiger partial charge in [-0.15, -0.1) is 22.7 Å². The minimum absolute atomic E-state index is 0.0204. The summed E-state index contributed by atoms with van der Waals surface area (Å²) in [6.07, 6.45) is 0. The highest BCUT2D eigenvalue weighted by molar-refractivity contribution is 7.30. The molecule has 14 rings (SSSR count). The summed E-state index contributed by atoms with van der Waals surface area (Å²) >= 11 is 3.83. The van der Waals surface area contributed by atoms with Gasteiger partial charge in [0, 0.05) is 78.3 Å². The Kier molecular flexibility index (Phi) is 6.47. The Morgan fingerprint density at radius 2 is 0.900 bits per heavy atom. The summed E-state index contributed by atoms with van der Waals surface area (Å²) in [6.45, 7) is 0. The molecule has 0 bridgehead atoms. The Balaban J connectivity index is 0.976. The maximum atomic E-state index is 14.3. The average Bonchev–Trinajstić information content (AvgIpc) is 4.06. The molecule has 0 atom stereocenters. The van der Waals surface area contributed by atoms with Crippen LogP contribution in [0.5, 0.6) is 0 Å². The highest BCUT2D eigenvalue weighted by Gasteiger charge is 2.25. The molecule has 0 spiro atoms. The van der Waals surface area contributed by atoms with Crippen molar-refractivity contribution in [2.75, 3.05) is 0 Å². The second-order valence-electron chi connectivity index (χ2n) is 15.9. The predicted octanol–water partition coefficient (Wildman–Crippen LogP) is 15.4. The van der Waals surface area contributed by atoms with Crippen molar-refractivity contribution in [2.45, 2.75) is 0 Å². The molecule has 0 aliphatic heterocycles. The van der Waals surface area contributed by atoms with Crippen molar-refractivity contribution in [3.8, 4) is 27.9 Å². The minimum Gasteiger partial charge on any atom is -0.309 e. The van der Waals surface area contributed by atoms with Crippen LogP contribution in [0, 0.1) is 0 Å². The Labute approximate surface area is 350 Å². The van der Waals surface area contributed by atoms with Gasteiger partial charge in [-0.2, -0.15) is 0 Å². The first kappa shape index (κ1) is 32.6. The highest BCUT2D eigenvalue weighted by Crippen LogP contribution is 2.52. The number of nitrogens with zero attached hydrogens (tertiary/aromatic N) is 2. The lowest BCUT2D eigenvalue weighted by molar-refractivity contribution is 1.19. The van der Waals surface area contributed by atoms with Crippen molar-refractivity contribution in [3.63, 3.8) is 0 Å². The zero-order valence-electron chi connectivity index (χ0n) is 31.9. The number of benzene rings is 9. The quantitative estimate of drug-likeness (QED) is 0.164. The molecule has 0 N–H and O–H groups in total. The van der Waals surface area contributed by atoms with Gasteiger partial charge < -0.3 is 4.57 Å². The van der Waals surface area contributed by atoms with Crippen molar-refractivity contribution in [1.29, 1.82) is 0 Å². The first-order valence-corrected chi connectivity index (χ1v) is 21.9. The molecule has 0 aliphatic carbocycles. The molecule has 0 unspecified atom stereocenters. The van der Waals surface area contributed by atoms with Crippen molar-refractivity contribution >= 4 is 123 Å². The van der Waals surface area contributed by atoms with Crippen LogP contribution in [-0.2, 0) is 0 Å². The lowest BCUT2D eigenvalue weighted by Gasteiger charge is -2.11. The van der Waals surface area contributed by atoms with Gasteiger partial charge in [0.1, 0.15) is 0 Å². The van der Waals surface area contributed by atoms with E-state index >= 15 is 0 Å². The molecule has 60 heavy (non-hydrogen) atoms. The second-order valence-corrected chi connectivity index (χ2v) is 18.0. The van der Waals surface area contributed by atoms with Gasteiger partial charge in [0.05, 0.1) is 22.1 Å². The topological polar surface area (TPSA) is 26.4 Å². The molecule has 278 valence electrons. The van der Waals surface area contributed by atoms with Gasteiger partial charge in [0.2, 0.25) is 0 Å². The number of hydrogen-bond acceptors (Lipinski definition) is 3. The number of thiophene rings is 2. The van der Waals surface area contributed by atoms with Crippen molar-refractivity contribution in [2.24, 2.45) is 0 Å². The predicted molar refractivity (Wildman–Crippen MR) is 258 cm³/mol. The van der Waals surface area contributed by atoms with E-state index in [0.29, 0.717) is 0 Å². The first-order valence-electron chi connectivity index (χ1n) is 20.3. The van der Waals surface area contributed by atoms with E-state index in [1.54, 1.807) is 0 Å². The summed E-state index contributed by atoms with van der Waals surface area (Å²) in [5.41, 5.74) is 10.0. The summed E-state index contributed by atoms with van der Waals surface area (Å²) in [7, 11) is 0. The molecule has 0 saturated heterocycles. The smallest absolute Gasteiger partial charge is 0.263 e. The van der Waals surface area contributed by atoms with E-state index in [2.05, 4.69) is 174 Å². The van der Waals surface area contributed by atoms with Crippen LogP contribution in [0.3, 0.4) is 0 Å². The third-order valence-electron chi connectivity index (χ3n) is 12.9. The normalized spacial score (nSPS) is 12.4. The molecular weight excluding hydrogens is 769 g/mol. The highest BCUT2D eigenvalue weighted by atomic mass is 32.1. The molecule has 14 aromatic rings. The number of fused-ring (bicyclic) bond motifs is 17. The lowest BCUT2D eigenvalue weighted by atomic mass is 9.98. The zero-order valence-corrected chi connectivity index (χ0v) is 33.6. The van der Waals surface area contributed by atoms with Crippen molar-refractivity contribution in [3.05, 3.63) is 192 Å². The van der Waals surface area contributed by atoms with Crippen LogP contribution >= 0.6 is 22.7 Å². The Morgan fingerprint density at radius 3 is 1.65 bits per heavy atom. The van der Waals surface area contributed by atoms with E-state index < -0.39 is 0 Å². The third-order valence-corrected chi connectivity index (χ3v) is 15.2. The summed E-state index contributed by atoms with van der Waals surface area (Å²) in [4.78, 5) is 14.3. The summed E-state index contributed by atoms with van der Waals surface area (Å²) in [6, 6.07) is 65.4. The second kappa shape index (κ2) is 11.9. The fourth-order valence-corrected chi connectivity index (χ4v) is 12.8. The van der Waals surface area contributed by atoms with Crippen LogP contribution in [0.25, 0.3) is 128 Å². The van der Waals surface area contributed by atoms with Gasteiger partial charge >= 0.3 is 0 Å². The largest absolute Gasteiger partial charge is 0.309 e. The van der Waals surface area contributed by atoms with Crippen LogP contribution in [-0.4, -0.2) is 8.97 Å². The fourth-order valence-electron chi connectivity index (χ4n) is 10.2. The molecule has 0 saturated carbocycles. The SMILES string of the molecule is O=c1c2ccc(-c3ccccc3)cc2c2cccc3c4cc(-c5ccc(-n6c7ccccc7c7c8sc9ccccc9c8c8sc9ccccc9c8c76)cc5)ccc4n1c23. The van der Waals surface area contributed by atoms with Crippen LogP contribution in [0.4, 0.5) is 0 Å². The van der Waals surface area contributed by atoms with Gasteiger partial charge in [0.15, 0.2) is 0 Å². The van der Waals surface area contributed by atoms with E-state index in [1.165, 1.54) is 62.2 Å². The van der Waals surface area contributed by atoms with Gasteiger partial charge in [0.25, 0.3) is 5.56 Å². The van der Waals surface area contributed by atoms with Gasteiger partial charge in [-0.3, -0.25) is 9.20 Å². The van der Waals surface area contributed by atoms with Gasteiger partial charge in [-0.05, 0) is 82.2 Å². The van der Waals surface area contributed by atoms with Crippen LogP contribution < -0.4 is 5.56 Å². The van der Waals surface area contributed by atoms with Crippen molar-refractivity contribution < 1.29 is 0 Å². The first-order chi connectivity index (χ1) is 29.7. The molecule has 3 nitrogen and oxygen atoms in total. The summed E-state index contributed by atoms with van der Waals surface area (Å²) in [5.74, 6) is 0. The van der Waals surface area contributed by atoms with E-state index in [1.807, 2.05) is 39.2 Å². The summed E-state index contributed by atoms with van der Waals surface area (Å²) in [5, 5.41) is 12.9. The zero-order chi connectivity index (χ0) is 39.2. The number of para-hydroxylation sites is 2. The van der Waals surface area contributed by atoms with Crippen LogP contribution in [0.1, 0.15) is 0 Å².